The van der Waals surface area contributed by atoms with Crippen LogP contribution in [0.25, 0.3) is 0 Å². The third-order valence-electron chi connectivity index (χ3n) is 3.06. The summed E-state index contributed by atoms with van der Waals surface area (Å²) < 4.78 is 25.0. The lowest BCUT2D eigenvalue weighted by Gasteiger charge is -2.12. The summed E-state index contributed by atoms with van der Waals surface area (Å²) >= 11 is 1.38. The van der Waals surface area contributed by atoms with E-state index in [4.69, 9.17) is 0 Å². The van der Waals surface area contributed by atoms with Crippen LogP contribution < -0.4 is 0 Å². The highest BCUT2D eigenvalue weighted by molar-refractivity contribution is 7.99. The van der Waals surface area contributed by atoms with Gasteiger partial charge in [-0.15, -0.1) is 11.8 Å². The fourth-order valence-electron chi connectivity index (χ4n) is 1.75. The van der Waals surface area contributed by atoms with E-state index in [1.54, 1.807) is 6.07 Å². The van der Waals surface area contributed by atoms with E-state index in [9.17, 15) is 13.5 Å². The van der Waals surface area contributed by atoms with Crippen LogP contribution in [0.1, 0.15) is 11.7 Å². The first-order chi connectivity index (χ1) is 10.4. The maximum atomic E-state index is 11.9. The fraction of sp³-hybridized carbons (Fsp3) is 0.267. The van der Waals surface area contributed by atoms with Crippen LogP contribution in [-0.2, 0) is 10.0 Å². The minimum absolute atomic E-state index is 0.158. The number of hydrogen-bond acceptors (Lipinski definition) is 5. The molecule has 1 aromatic heterocycles. The second-order valence-corrected chi connectivity index (χ2v) is 8.05. The highest BCUT2D eigenvalue weighted by Gasteiger charge is 2.17. The van der Waals surface area contributed by atoms with Crippen LogP contribution in [0.5, 0.6) is 0 Å². The molecule has 1 heterocycles. The van der Waals surface area contributed by atoms with E-state index < -0.39 is 16.1 Å². The number of nitrogens with zero attached hydrogens (tertiary/aromatic N) is 2. The minimum Gasteiger partial charge on any atom is -0.388 e. The van der Waals surface area contributed by atoms with E-state index in [1.165, 1.54) is 38.1 Å². The summed E-state index contributed by atoms with van der Waals surface area (Å²) in [7, 11) is -0.495. The third-order valence-corrected chi connectivity index (χ3v) is 5.88. The molecule has 0 aliphatic rings. The Morgan fingerprint density at radius 3 is 2.41 bits per heavy atom. The Bertz CT molecular complexity index is 701. The number of aliphatic hydroxyl groups excluding tert-OH is 1. The molecule has 7 heteroatoms. The van der Waals surface area contributed by atoms with E-state index in [2.05, 4.69) is 4.98 Å². The van der Waals surface area contributed by atoms with Gasteiger partial charge in [0.1, 0.15) is 4.90 Å². The van der Waals surface area contributed by atoms with Crippen molar-refractivity contribution in [2.45, 2.75) is 16.0 Å². The molecule has 5 nitrogen and oxygen atoms in total. The van der Waals surface area contributed by atoms with Gasteiger partial charge in [-0.1, -0.05) is 30.3 Å². The Labute approximate surface area is 135 Å². The molecular weight excluding hydrogens is 320 g/mol. The molecule has 0 fully saturated rings. The van der Waals surface area contributed by atoms with Crippen LogP contribution in [-0.4, -0.2) is 42.7 Å². The number of benzene rings is 1. The summed E-state index contributed by atoms with van der Waals surface area (Å²) in [5.41, 5.74) is 0.849. The summed E-state index contributed by atoms with van der Waals surface area (Å²) in [4.78, 5) is 4.30. The van der Waals surface area contributed by atoms with Crippen LogP contribution in [0.4, 0.5) is 0 Å². The average Bonchev–Trinajstić information content (AvgIpc) is 2.53. The van der Waals surface area contributed by atoms with Gasteiger partial charge >= 0.3 is 0 Å². The largest absolute Gasteiger partial charge is 0.388 e. The van der Waals surface area contributed by atoms with Gasteiger partial charge in [0.05, 0.1) is 11.1 Å². The molecule has 1 N–H and O–H groups in total. The zero-order valence-electron chi connectivity index (χ0n) is 12.4. The van der Waals surface area contributed by atoms with Crippen molar-refractivity contribution in [1.29, 1.82) is 0 Å². The minimum atomic E-state index is -3.46. The number of rotatable bonds is 6. The first-order valence-corrected chi connectivity index (χ1v) is 9.08. The molecule has 1 aromatic carbocycles. The molecule has 1 atom stereocenters. The molecule has 0 saturated heterocycles. The van der Waals surface area contributed by atoms with Gasteiger partial charge in [0.2, 0.25) is 10.0 Å². The molecule has 118 valence electrons. The van der Waals surface area contributed by atoms with Gasteiger partial charge in [-0.05, 0) is 17.7 Å². The molecule has 2 rings (SSSR count). The number of thioether (sulfide) groups is 1. The van der Waals surface area contributed by atoms with E-state index in [-0.39, 0.29) is 4.90 Å². The Balaban J connectivity index is 2.01. The van der Waals surface area contributed by atoms with E-state index >= 15 is 0 Å². The van der Waals surface area contributed by atoms with Crippen molar-refractivity contribution in [2.75, 3.05) is 19.8 Å². The summed E-state index contributed by atoms with van der Waals surface area (Å²) in [5.74, 6) is 0.455. The van der Waals surface area contributed by atoms with Crippen molar-refractivity contribution in [1.82, 2.24) is 9.29 Å². The quantitative estimate of drug-likeness (QED) is 0.817. The smallest absolute Gasteiger partial charge is 0.244 e. The zero-order chi connectivity index (χ0) is 16.2. The fourth-order valence-corrected chi connectivity index (χ4v) is 3.41. The predicted octanol–water partition coefficient (Wildman–Crippen LogP) is 2.16. The van der Waals surface area contributed by atoms with Crippen molar-refractivity contribution < 1.29 is 13.5 Å². The lowest BCUT2D eigenvalue weighted by Crippen LogP contribution is -2.22. The molecule has 0 aliphatic carbocycles. The van der Waals surface area contributed by atoms with Gasteiger partial charge in [-0.25, -0.2) is 17.7 Å². The molecule has 0 saturated carbocycles. The van der Waals surface area contributed by atoms with Crippen molar-refractivity contribution in [3.8, 4) is 0 Å². The number of pyridine rings is 1. The Morgan fingerprint density at radius 2 is 1.86 bits per heavy atom. The molecule has 2 aromatic rings. The van der Waals surface area contributed by atoms with Gasteiger partial charge in [0.15, 0.2) is 0 Å². The van der Waals surface area contributed by atoms with Crippen LogP contribution >= 0.6 is 11.8 Å². The Morgan fingerprint density at radius 1 is 1.18 bits per heavy atom. The van der Waals surface area contributed by atoms with E-state index in [0.717, 1.165) is 9.87 Å². The number of sulfonamides is 1. The lowest BCUT2D eigenvalue weighted by atomic mass is 10.1. The van der Waals surface area contributed by atoms with Crippen molar-refractivity contribution in [3.05, 3.63) is 54.2 Å². The van der Waals surface area contributed by atoms with Crippen LogP contribution in [0.2, 0.25) is 0 Å². The third kappa shape index (κ3) is 4.07. The van der Waals surface area contributed by atoms with E-state index in [1.807, 2.05) is 30.3 Å². The second kappa shape index (κ2) is 7.23. The van der Waals surface area contributed by atoms with Crippen molar-refractivity contribution in [3.63, 3.8) is 0 Å². The summed E-state index contributed by atoms with van der Waals surface area (Å²) in [6, 6.07) is 12.6. The average molecular weight is 338 g/mol. The molecule has 0 amide bonds. The van der Waals surface area contributed by atoms with Gasteiger partial charge in [0, 0.05) is 26.0 Å². The van der Waals surface area contributed by atoms with E-state index in [0.29, 0.717) is 10.8 Å². The molecule has 0 unspecified atom stereocenters. The van der Waals surface area contributed by atoms with Crippen LogP contribution in [0.3, 0.4) is 0 Å². The SMILES string of the molecule is CN(C)S(=O)(=O)c1ccc(SC[C@H](O)c2ccccc2)nc1. The topological polar surface area (TPSA) is 70.5 Å². The van der Waals surface area contributed by atoms with Crippen molar-refractivity contribution >= 4 is 21.8 Å². The molecular formula is C15H18N2O3S2. The number of aromatic nitrogens is 1. The molecule has 0 spiro atoms. The Kier molecular flexibility index (Phi) is 5.57. The van der Waals surface area contributed by atoms with Gasteiger partial charge < -0.3 is 5.11 Å². The lowest BCUT2D eigenvalue weighted by molar-refractivity contribution is 0.204. The van der Waals surface area contributed by atoms with Gasteiger partial charge in [-0.3, -0.25) is 0 Å². The normalized spacial score (nSPS) is 13.3. The van der Waals surface area contributed by atoms with Gasteiger partial charge in [0.25, 0.3) is 0 Å². The summed E-state index contributed by atoms with van der Waals surface area (Å²) in [6.07, 6.45) is 0.755. The maximum absolute atomic E-state index is 11.9. The van der Waals surface area contributed by atoms with Crippen LogP contribution in [0.15, 0.2) is 58.6 Å². The van der Waals surface area contributed by atoms with Gasteiger partial charge in [-0.2, -0.15) is 0 Å². The second-order valence-electron chi connectivity index (χ2n) is 4.86. The van der Waals surface area contributed by atoms with Crippen LogP contribution in [0, 0.1) is 0 Å². The first kappa shape index (κ1) is 17.0. The summed E-state index contributed by atoms with van der Waals surface area (Å²) in [5, 5.41) is 10.8. The highest BCUT2D eigenvalue weighted by Crippen LogP contribution is 2.24. The molecule has 22 heavy (non-hydrogen) atoms. The highest BCUT2D eigenvalue weighted by atomic mass is 32.2. The standard InChI is InChI=1S/C15H18N2O3S2/c1-17(2)22(19,20)13-8-9-15(16-10-13)21-11-14(18)12-6-4-3-5-7-12/h3-10,14,18H,11H2,1-2H3/t14-/m0/s1. The molecule has 0 bridgehead atoms. The molecule has 0 aliphatic heterocycles. The first-order valence-electron chi connectivity index (χ1n) is 6.65. The summed E-state index contributed by atoms with van der Waals surface area (Å²) in [6.45, 7) is 0. The molecule has 0 radical (unpaired) electrons. The number of hydrogen-bond donors (Lipinski definition) is 1. The van der Waals surface area contributed by atoms with Crippen molar-refractivity contribution in [2.24, 2.45) is 0 Å². The predicted molar refractivity (Wildman–Crippen MR) is 87.2 cm³/mol. The number of aliphatic hydroxyl groups is 1. The zero-order valence-corrected chi connectivity index (χ0v) is 14.0. The monoisotopic (exact) mass is 338 g/mol. The maximum Gasteiger partial charge on any atom is 0.244 e. The Hall–Kier alpha value is -1.41.